The van der Waals surface area contributed by atoms with Gasteiger partial charge in [0.2, 0.25) is 5.56 Å². The summed E-state index contributed by atoms with van der Waals surface area (Å²) in [5.41, 5.74) is 1.15. The molecular weight excluding hydrogens is 274 g/mol. The number of pyridine rings is 1. The number of rotatable bonds is 4. The van der Waals surface area contributed by atoms with Crippen molar-refractivity contribution in [1.29, 1.82) is 0 Å². The van der Waals surface area contributed by atoms with Gasteiger partial charge in [0.25, 0.3) is 0 Å². The number of urea groups is 1. The standard InChI is InChI=1S/C14H17N3O2S/c1-3-10-4-5-11(20-10)7-16-14(19)17-12-8-15-13(18)6-9(12)2/h4-6,8H,3,7H2,1-2H3,(H,15,18)(H2,16,17,19). The van der Waals surface area contributed by atoms with E-state index in [0.29, 0.717) is 12.2 Å². The van der Waals surface area contributed by atoms with Gasteiger partial charge in [-0.1, -0.05) is 6.92 Å². The van der Waals surface area contributed by atoms with Gasteiger partial charge in [0, 0.05) is 22.0 Å². The zero-order valence-corrected chi connectivity index (χ0v) is 12.3. The number of nitrogens with one attached hydrogen (secondary N) is 3. The lowest BCUT2D eigenvalue weighted by atomic mass is 10.2. The van der Waals surface area contributed by atoms with E-state index >= 15 is 0 Å². The lowest BCUT2D eigenvalue weighted by Gasteiger charge is -2.08. The first-order valence-electron chi connectivity index (χ1n) is 6.40. The number of H-pyrrole nitrogens is 1. The van der Waals surface area contributed by atoms with Crippen LogP contribution in [-0.2, 0) is 13.0 Å². The van der Waals surface area contributed by atoms with Gasteiger partial charge < -0.3 is 15.6 Å². The molecule has 0 fully saturated rings. The second-order valence-electron chi connectivity index (χ2n) is 4.42. The number of aryl methyl sites for hydroxylation is 2. The van der Waals surface area contributed by atoms with Crippen molar-refractivity contribution < 1.29 is 4.79 Å². The van der Waals surface area contributed by atoms with Gasteiger partial charge >= 0.3 is 6.03 Å². The first kappa shape index (κ1) is 14.3. The predicted molar refractivity (Wildman–Crippen MR) is 81.4 cm³/mol. The fourth-order valence-electron chi connectivity index (χ4n) is 1.75. The monoisotopic (exact) mass is 291 g/mol. The van der Waals surface area contributed by atoms with Gasteiger partial charge in [-0.25, -0.2) is 4.79 Å². The molecule has 5 nitrogen and oxygen atoms in total. The topological polar surface area (TPSA) is 74.0 Å². The highest BCUT2D eigenvalue weighted by atomic mass is 32.1. The summed E-state index contributed by atoms with van der Waals surface area (Å²) in [7, 11) is 0. The summed E-state index contributed by atoms with van der Waals surface area (Å²) in [5.74, 6) is 0. The molecule has 2 rings (SSSR count). The summed E-state index contributed by atoms with van der Waals surface area (Å²) in [4.78, 5) is 27.8. The molecule has 0 unspecified atom stereocenters. The molecule has 0 aliphatic rings. The Morgan fingerprint density at radius 1 is 1.35 bits per heavy atom. The zero-order chi connectivity index (χ0) is 14.5. The molecule has 20 heavy (non-hydrogen) atoms. The SMILES string of the molecule is CCc1ccc(CNC(=O)Nc2c[nH]c(=O)cc2C)s1. The van der Waals surface area contributed by atoms with E-state index in [4.69, 9.17) is 0 Å². The summed E-state index contributed by atoms with van der Waals surface area (Å²) in [5, 5.41) is 5.51. The van der Waals surface area contributed by atoms with Crippen LogP contribution in [0.2, 0.25) is 0 Å². The normalized spacial score (nSPS) is 10.3. The molecule has 0 aromatic carbocycles. The third-order valence-corrected chi connectivity index (χ3v) is 4.10. The number of aromatic nitrogens is 1. The Bertz CT molecular complexity index is 660. The minimum absolute atomic E-state index is 0.181. The van der Waals surface area contributed by atoms with Crippen molar-refractivity contribution in [1.82, 2.24) is 10.3 Å². The molecule has 0 spiro atoms. The maximum Gasteiger partial charge on any atom is 0.319 e. The van der Waals surface area contributed by atoms with Gasteiger partial charge in [-0.05, 0) is 31.0 Å². The Labute approximate surface area is 121 Å². The Kier molecular flexibility index (Phi) is 4.57. The van der Waals surface area contributed by atoms with Crippen molar-refractivity contribution in [3.63, 3.8) is 0 Å². The van der Waals surface area contributed by atoms with Crippen LogP contribution in [0.1, 0.15) is 22.2 Å². The Hall–Kier alpha value is -2.08. The molecule has 0 saturated heterocycles. The number of thiophene rings is 1. The summed E-state index contributed by atoms with van der Waals surface area (Å²) in [6, 6.07) is 5.26. The summed E-state index contributed by atoms with van der Waals surface area (Å²) >= 11 is 1.70. The molecule has 2 aromatic rings. The Morgan fingerprint density at radius 3 is 2.75 bits per heavy atom. The number of aromatic amines is 1. The van der Waals surface area contributed by atoms with Crippen LogP contribution >= 0.6 is 11.3 Å². The Balaban J connectivity index is 1.90. The fraction of sp³-hybridized carbons (Fsp3) is 0.286. The minimum Gasteiger partial charge on any atom is -0.333 e. The molecule has 2 aromatic heterocycles. The van der Waals surface area contributed by atoms with Crippen molar-refractivity contribution in [2.24, 2.45) is 0 Å². The second kappa shape index (κ2) is 6.38. The minimum atomic E-state index is -0.286. The second-order valence-corrected chi connectivity index (χ2v) is 5.68. The summed E-state index contributed by atoms with van der Waals surface area (Å²) < 4.78 is 0. The Morgan fingerprint density at radius 2 is 2.10 bits per heavy atom. The highest BCUT2D eigenvalue weighted by Gasteiger charge is 2.05. The summed E-state index contributed by atoms with van der Waals surface area (Å²) in [6.45, 7) is 4.38. The molecule has 2 amide bonds. The molecule has 0 aliphatic heterocycles. The number of amides is 2. The van der Waals surface area contributed by atoms with Gasteiger partial charge in [-0.3, -0.25) is 4.79 Å². The fourth-order valence-corrected chi connectivity index (χ4v) is 2.65. The molecule has 0 bridgehead atoms. The number of hydrogen-bond acceptors (Lipinski definition) is 3. The number of carbonyl (C=O) groups excluding carboxylic acids is 1. The molecule has 3 N–H and O–H groups in total. The average Bonchev–Trinajstić information content (AvgIpc) is 2.88. The van der Waals surface area contributed by atoms with Crippen LogP contribution < -0.4 is 16.2 Å². The largest absolute Gasteiger partial charge is 0.333 e. The van der Waals surface area contributed by atoms with Crippen LogP contribution in [0.3, 0.4) is 0 Å². The van der Waals surface area contributed by atoms with E-state index in [9.17, 15) is 9.59 Å². The first-order valence-corrected chi connectivity index (χ1v) is 7.22. The molecule has 0 saturated carbocycles. The molecule has 106 valence electrons. The summed E-state index contributed by atoms with van der Waals surface area (Å²) in [6.07, 6.45) is 2.50. The maximum atomic E-state index is 11.8. The van der Waals surface area contributed by atoms with E-state index < -0.39 is 0 Å². The number of anilines is 1. The van der Waals surface area contributed by atoms with Gasteiger partial charge in [0.1, 0.15) is 0 Å². The highest BCUT2D eigenvalue weighted by molar-refractivity contribution is 7.11. The van der Waals surface area contributed by atoms with Crippen LogP contribution in [-0.4, -0.2) is 11.0 Å². The van der Waals surface area contributed by atoms with E-state index in [0.717, 1.165) is 16.9 Å². The van der Waals surface area contributed by atoms with E-state index in [2.05, 4.69) is 28.6 Å². The first-order chi connectivity index (χ1) is 9.58. The van der Waals surface area contributed by atoms with Crippen molar-refractivity contribution in [2.75, 3.05) is 5.32 Å². The lowest BCUT2D eigenvalue weighted by Crippen LogP contribution is -2.28. The zero-order valence-electron chi connectivity index (χ0n) is 11.4. The van der Waals surface area contributed by atoms with Crippen molar-refractivity contribution in [3.8, 4) is 0 Å². The molecular formula is C14H17N3O2S. The molecule has 0 atom stereocenters. The van der Waals surface area contributed by atoms with E-state index in [1.165, 1.54) is 17.1 Å². The van der Waals surface area contributed by atoms with Crippen molar-refractivity contribution in [2.45, 2.75) is 26.8 Å². The van der Waals surface area contributed by atoms with E-state index in [1.807, 2.05) is 6.07 Å². The molecule has 2 heterocycles. The van der Waals surface area contributed by atoms with Gasteiger partial charge in [0.05, 0.1) is 12.2 Å². The van der Waals surface area contributed by atoms with Crippen LogP contribution in [0, 0.1) is 6.92 Å². The number of carbonyl (C=O) groups is 1. The maximum absolute atomic E-state index is 11.8. The average molecular weight is 291 g/mol. The van der Waals surface area contributed by atoms with E-state index in [-0.39, 0.29) is 11.6 Å². The third-order valence-electron chi connectivity index (χ3n) is 2.87. The molecule has 0 radical (unpaired) electrons. The van der Waals surface area contributed by atoms with Crippen molar-refractivity contribution in [3.05, 3.63) is 50.1 Å². The van der Waals surface area contributed by atoms with Crippen LogP contribution in [0.4, 0.5) is 10.5 Å². The van der Waals surface area contributed by atoms with Crippen LogP contribution in [0.25, 0.3) is 0 Å². The lowest BCUT2D eigenvalue weighted by molar-refractivity contribution is 0.252. The van der Waals surface area contributed by atoms with Gasteiger partial charge in [0.15, 0.2) is 0 Å². The van der Waals surface area contributed by atoms with Crippen LogP contribution in [0.15, 0.2) is 29.2 Å². The molecule has 6 heteroatoms. The quantitative estimate of drug-likeness (QED) is 0.810. The van der Waals surface area contributed by atoms with Gasteiger partial charge in [-0.2, -0.15) is 0 Å². The van der Waals surface area contributed by atoms with Crippen LogP contribution in [0.5, 0.6) is 0 Å². The smallest absolute Gasteiger partial charge is 0.319 e. The van der Waals surface area contributed by atoms with Gasteiger partial charge in [-0.15, -0.1) is 11.3 Å². The third kappa shape index (κ3) is 3.71. The highest BCUT2D eigenvalue weighted by Crippen LogP contribution is 2.16. The molecule has 0 aliphatic carbocycles. The predicted octanol–water partition coefficient (Wildman–Crippen LogP) is 2.63. The number of hydrogen-bond donors (Lipinski definition) is 3. The van der Waals surface area contributed by atoms with E-state index in [1.54, 1.807) is 18.3 Å². The van der Waals surface area contributed by atoms with Crippen molar-refractivity contribution >= 4 is 23.1 Å².